The summed E-state index contributed by atoms with van der Waals surface area (Å²) < 4.78 is 0. The van der Waals surface area contributed by atoms with Crippen molar-refractivity contribution in [1.29, 1.82) is 0 Å². The van der Waals surface area contributed by atoms with Crippen LogP contribution in [0.5, 0.6) is 0 Å². The van der Waals surface area contributed by atoms with Gasteiger partial charge in [-0.05, 0) is 37.6 Å². The van der Waals surface area contributed by atoms with Crippen LogP contribution < -0.4 is 11.1 Å². The summed E-state index contributed by atoms with van der Waals surface area (Å²) in [5.41, 5.74) is 8.92. The maximum Gasteiger partial charge on any atom is 0.193 e. The molecule has 22 heavy (non-hydrogen) atoms. The molecule has 0 amide bonds. The highest BCUT2D eigenvalue weighted by molar-refractivity contribution is 5.92. The van der Waals surface area contributed by atoms with Gasteiger partial charge in [0.1, 0.15) is 0 Å². The van der Waals surface area contributed by atoms with Crippen LogP contribution >= 0.6 is 0 Å². The number of aliphatic imine (C=N–C) groups is 1. The van der Waals surface area contributed by atoms with E-state index in [9.17, 15) is 5.11 Å². The molecule has 5 nitrogen and oxygen atoms in total. The topological polar surface area (TPSA) is 83.5 Å². The molecule has 5 heteroatoms. The van der Waals surface area contributed by atoms with Crippen molar-refractivity contribution in [2.75, 3.05) is 18.5 Å². The van der Waals surface area contributed by atoms with Crippen LogP contribution in [-0.2, 0) is 6.42 Å². The van der Waals surface area contributed by atoms with Crippen molar-refractivity contribution in [2.24, 2.45) is 16.6 Å². The van der Waals surface area contributed by atoms with E-state index in [1.807, 2.05) is 49.4 Å². The van der Waals surface area contributed by atoms with Crippen LogP contribution in [0.25, 0.3) is 0 Å². The Morgan fingerprint density at radius 1 is 1.27 bits per heavy atom. The lowest BCUT2D eigenvalue weighted by Gasteiger charge is -2.12. The van der Waals surface area contributed by atoms with Crippen molar-refractivity contribution in [3.63, 3.8) is 0 Å². The summed E-state index contributed by atoms with van der Waals surface area (Å²) in [5.74, 6) is 0.358. The minimum atomic E-state index is 0.00766. The Morgan fingerprint density at radius 2 is 2.05 bits per heavy atom. The largest absolute Gasteiger partial charge is 0.396 e. The molecule has 0 radical (unpaired) electrons. The number of aromatic nitrogens is 1. The third kappa shape index (κ3) is 5.18. The van der Waals surface area contributed by atoms with Gasteiger partial charge in [-0.2, -0.15) is 0 Å². The Hall–Kier alpha value is -2.40. The molecule has 2 rings (SSSR count). The molecule has 2 aromatic rings. The molecule has 4 N–H and O–H groups in total. The van der Waals surface area contributed by atoms with Crippen molar-refractivity contribution >= 4 is 11.6 Å². The average molecular weight is 298 g/mol. The quantitative estimate of drug-likeness (QED) is 0.562. The SMILES string of the molecule is Cc1ccc(NC(N)=NCC(CO)Cc2ccccn2)cc1. The predicted octanol–water partition coefficient (Wildman–Crippen LogP) is 1.97. The van der Waals surface area contributed by atoms with E-state index in [4.69, 9.17) is 5.73 Å². The molecule has 1 unspecified atom stereocenters. The molecule has 1 aromatic heterocycles. The fraction of sp³-hybridized carbons (Fsp3) is 0.294. The Bertz CT molecular complexity index is 596. The van der Waals surface area contributed by atoms with E-state index in [0.717, 1.165) is 11.4 Å². The smallest absolute Gasteiger partial charge is 0.193 e. The standard InChI is InChI=1S/C17H22N4O/c1-13-5-7-15(8-6-13)21-17(18)20-11-14(12-22)10-16-4-2-3-9-19-16/h2-9,14,22H,10-12H2,1H3,(H3,18,20,21). The van der Waals surface area contributed by atoms with E-state index in [0.29, 0.717) is 18.9 Å². The Labute approximate surface area is 130 Å². The minimum Gasteiger partial charge on any atom is -0.396 e. The third-order valence-electron chi connectivity index (χ3n) is 3.33. The Morgan fingerprint density at radius 3 is 2.68 bits per heavy atom. The van der Waals surface area contributed by atoms with Gasteiger partial charge in [-0.15, -0.1) is 0 Å². The van der Waals surface area contributed by atoms with Gasteiger partial charge < -0.3 is 16.2 Å². The predicted molar refractivity (Wildman–Crippen MR) is 89.8 cm³/mol. The Kier molecular flexibility index (Phi) is 5.91. The fourth-order valence-corrected chi connectivity index (χ4v) is 2.05. The van der Waals surface area contributed by atoms with Gasteiger partial charge in [0.05, 0.1) is 0 Å². The van der Waals surface area contributed by atoms with Gasteiger partial charge in [0.25, 0.3) is 0 Å². The number of hydrogen-bond acceptors (Lipinski definition) is 3. The summed E-state index contributed by atoms with van der Waals surface area (Å²) in [4.78, 5) is 8.57. The number of guanidine groups is 1. The van der Waals surface area contributed by atoms with E-state index in [-0.39, 0.29) is 12.5 Å². The molecule has 1 aromatic carbocycles. The van der Waals surface area contributed by atoms with E-state index in [2.05, 4.69) is 15.3 Å². The molecule has 1 heterocycles. The molecule has 0 fully saturated rings. The first kappa shape index (κ1) is 16.0. The van der Waals surface area contributed by atoms with Gasteiger partial charge in [0, 0.05) is 36.6 Å². The van der Waals surface area contributed by atoms with Crippen LogP contribution in [0.3, 0.4) is 0 Å². The van der Waals surface area contributed by atoms with Crippen molar-refractivity contribution in [3.05, 3.63) is 59.9 Å². The zero-order valence-corrected chi connectivity index (χ0v) is 12.7. The zero-order chi connectivity index (χ0) is 15.8. The van der Waals surface area contributed by atoms with Crippen LogP contribution in [0.15, 0.2) is 53.7 Å². The summed E-state index contributed by atoms with van der Waals surface area (Å²) >= 11 is 0. The second kappa shape index (κ2) is 8.14. The highest BCUT2D eigenvalue weighted by atomic mass is 16.3. The minimum absolute atomic E-state index is 0.00766. The van der Waals surface area contributed by atoms with Gasteiger partial charge in [-0.3, -0.25) is 9.98 Å². The third-order valence-corrected chi connectivity index (χ3v) is 3.33. The molecule has 0 saturated carbocycles. The Balaban J connectivity index is 1.89. The fourth-order valence-electron chi connectivity index (χ4n) is 2.05. The zero-order valence-electron chi connectivity index (χ0n) is 12.7. The molecular weight excluding hydrogens is 276 g/mol. The van der Waals surface area contributed by atoms with Crippen molar-refractivity contribution < 1.29 is 5.11 Å². The molecule has 0 bridgehead atoms. The van der Waals surface area contributed by atoms with Crippen LogP contribution in [0.2, 0.25) is 0 Å². The summed E-state index contributed by atoms with van der Waals surface area (Å²) in [7, 11) is 0. The number of aliphatic hydroxyl groups excluding tert-OH is 1. The molecule has 0 aliphatic heterocycles. The number of nitrogens with zero attached hydrogens (tertiary/aromatic N) is 2. The van der Waals surface area contributed by atoms with E-state index < -0.39 is 0 Å². The monoisotopic (exact) mass is 298 g/mol. The first-order chi connectivity index (χ1) is 10.7. The van der Waals surface area contributed by atoms with Gasteiger partial charge in [-0.25, -0.2) is 0 Å². The lowest BCUT2D eigenvalue weighted by Crippen LogP contribution is -2.25. The van der Waals surface area contributed by atoms with Crippen molar-refractivity contribution in [1.82, 2.24) is 4.98 Å². The number of anilines is 1. The first-order valence-electron chi connectivity index (χ1n) is 7.31. The number of pyridine rings is 1. The van der Waals surface area contributed by atoms with Crippen LogP contribution in [0, 0.1) is 12.8 Å². The van der Waals surface area contributed by atoms with Gasteiger partial charge in [0.15, 0.2) is 5.96 Å². The second-order valence-corrected chi connectivity index (χ2v) is 5.29. The molecular formula is C17H22N4O. The summed E-state index contributed by atoms with van der Waals surface area (Å²) in [6.45, 7) is 2.54. The maximum absolute atomic E-state index is 9.46. The number of nitrogens with one attached hydrogen (secondary N) is 1. The second-order valence-electron chi connectivity index (χ2n) is 5.29. The van der Waals surface area contributed by atoms with E-state index in [1.165, 1.54) is 5.56 Å². The molecule has 1 atom stereocenters. The van der Waals surface area contributed by atoms with Crippen molar-refractivity contribution in [2.45, 2.75) is 13.3 Å². The molecule has 0 spiro atoms. The lowest BCUT2D eigenvalue weighted by atomic mass is 10.0. The first-order valence-corrected chi connectivity index (χ1v) is 7.31. The number of rotatable bonds is 6. The van der Waals surface area contributed by atoms with Crippen LogP contribution in [-0.4, -0.2) is 29.2 Å². The highest BCUT2D eigenvalue weighted by Gasteiger charge is 2.09. The van der Waals surface area contributed by atoms with Gasteiger partial charge >= 0.3 is 0 Å². The summed E-state index contributed by atoms with van der Waals surface area (Å²) in [6, 6.07) is 13.7. The highest BCUT2D eigenvalue weighted by Crippen LogP contribution is 2.09. The lowest BCUT2D eigenvalue weighted by molar-refractivity contribution is 0.229. The number of benzene rings is 1. The molecule has 0 aliphatic rings. The van der Waals surface area contributed by atoms with Gasteiger partial charge in [0.2, 0.25) is 0 Å². The average Bonchev–Trinajstić information content (AvgIpc) is 2.54. The molecule has 116 valence electrons. The van der Waals surface area contributed by atoms with E-state index >= 15 is 0 Å². The normalized spacial score (nSPS) is 12.9. The number of hydrogen-bond donors (Lipinski definition) is 3. The summed E-state index contributed by atoms with van der Waals surface area (Å²) in [5, 5.41) is 12.5. The summed E-state index contributed by atoms with van der Waals surface area (Å²) in [6.07, 6.45) is 2.43. The number of aryl methyl sites for hydroxylation is 1. The maximum atomic E-state index is 9.46. The van der Waals surface area contributed by atoms with Gasteiger partial charge in [-0.1, -0.05) is 23.8 Å². The van der Waals surface area contributed by atoms with Crippen molar-refractivity contribution in [3.8, 4) is 0 Å². The van der Waals surface area contributed by atoms with Crippen LogP contribution in [0.4, 0.5) is 5.69 Å². The number of aliphatic hydroxyl groups is 1. The molecule has 0 saturated heterocycles. The van der Waals surface area contributed by atoms with E-state index in [1.54, 1.807) is 6.20 Å². The molecule has 0 aliphatic carbocycles. The number of nitrogens with two attached hydrogens (primary N) is 1. The van der Waals surface area contributed by atoms with Crippen LogP contribution in [0.1, 0.15) is 11.3 Å².